The summed E-state index contributed by atoms with van der Waals surface area (Å²) >= 11 is 11.7. The van der Waals surface area contributed by atoms with E-state index in [9.17, 15) is 19.0 Å². The molecule has 2 fully saturated rings. The Bertz CT molecular complexity index is 663. The van der Waals surface area contributed by atoms with Gasteiger partial charge in [0.15, 0.2) is 0 Å². The van der Waals surface area contributed by atoms with Crippen LogP contribution in [-0.2, 0) is 0 Å². The fraction of sp³-hybridized carbons (Fsp3) is 0.533. The molecular weight excluding hydrogens is 375 g/mol. The second-order valence-corrected chi connectivity index (χ2v) is 9.68. The van der Waals surface area contributed by atoms with E-state index in [2.05, 4.69) is 10.2 Å². The second-order valence-electron chi connectivity index (χ2n) is 6.66. The number of nitrogens with one attached hydrogen (secondary N) is 1. The lowest BCUT2D eigenvalue weighted by atomic mass is 9.91. The Balaban J connectivity index is 1.48. The Labute approximate surface area is 152 Å². The summed E-state index contributed by atoms with van der Waals surface area (Å²) in [6, 6.07) is 2.75. The summed E-state index contributed by atoms with van der Waals surface area (Å²) in [5.74, 6) is 0.289. The molecule has 0 aromatic heterocycles. The van der Waals surface area contributed by atoms with E-state index in [0.29, 0.717) is 24.6 Å². The highest BCUT2D eigenvalue weighted by Gasteiger charge is 2.51. The number of carbonyl (C=O) groups is 1. The van der Waals surface area contributed by atoms with E-state index in [0.717, 1.165) is 19.5 Å². The molecule has 1 spiro atoms. The lowest BCUT2D eigenvalue weighted by Gasteiger charge is -2.54. The molecule has 6 nitrogen and oxygen atoms in total. The second kappa shape index (κ2) is 6.55. The van der Waals surface area contributed by atoms with Crippen LogP contribution in [0.25, 0.3) is 0 Å². The average Bonchev–Trinajstić information content (AvgIpc) is 2.84. The molecule has 0 aliphatic carbocycles. The molecule has 134 valence electrons. The molecule has 3 rings (SSSR count). The molecule has 2 saturated heterocycles. The molecular formula is C15H20Cl2N2O4S. The fourth-order valence-electron chi connectivity index (χ4n) is 3.55. The zero-order valence-corrected chi connectivity index (χ0v) is 15.3. The Hall–Kier alpha value is -0.700. The number of phenolic OH excluding ortho intramolecular Hbond substituents is 1. The zero-order chi connectivity index (χ0) is 17.5. The van der Waals surface area contributed by atoms with Gasteiger partial charge < -0.3 is 15.3 Å². The third-order valence-electron chi connectivity index (χ3n) is 4.58. The van der Waals surface area contributed by atoms with Crippen molar-refractivity contribution in [2.75, 3.05) is 37.7 Å². The van der Waals surface area contributed by atoms with Crippen molar-refractivity contribution in [1.29, 1.82) is 0 Å². The zero-order valence-electron chi connectivity index (χ0n) is 13.0. The standard InChI is InChI=1S/C15H20Cl2N2O4S/c16-10-5-11(13(20)12(17)6-10)14(21)18-2-4-19-3-1-15(7-19)8-24(22,23)9-15/h5-6,20,22-23H,1-4,7-9H2,(H,18,21). The maximum atomic E-state index is 12.2. The van der Waals surface area contributed by atoms with Crippen LogP contribution < -0.4 is 5.32 Å². The number of hydrogen-bond donors (Lipinski definition) is 4. The Morgan fingerprint density at radius 1 is 1.33 bits per heavy atom. The van der Waals surface area contributed by atoms with Crippen LogP contribution in [0.15, 0.2) is 12.1 Å². The number of benzene rings is 1. The van der Waals surface area contributed by atoms with E-state index in [1.807, 2.05) is 0 Å². The van der Waals surface area contributed by atoms with Crippen LogP contribution in [0.5, 0.6) is 5.75 Å². The van der Waals surface area contributed by atoms with Gasteiger partial charge in [-0.25, -0.2) is 0 Å². The number of phenols is 1. The van der Waals surface area contributed by atoms with Crippen LogP contribution in [0.4, 0.5) is 0 Å². The van der Waals surface area contributed by atoms with Crippen LogP contribution in [0.3, 0.4) is 0 Å². The number of hydrogen-bond acceptors (Lipinski definition) is 5. The molecule has 1 amide bonds. The van der Waals surface area contributed by atoms with E-state index in [1.165, 1.54) is 12.1 Å². The molecule has 0 atom stereocenters. The van der Waals surface area contributed by atoms with Gasteiger partial charge in [0.25, 0.3) is 5.91 Å². The normalized spacial score (nSPS) is 23.0. The minimum atomic E-state index is -2.33. The van der Waals surface area contributed by atoms with Crippen molar-refractivity contribution >= 4 is 39.7 Å². The maximum absolute atomic E-state index is 12.2. The SMILES string of the molecule is O=C(NCCN1CCC2(C1)CS(O)(O)C2)c1cc(Cl)cc(Cl)c1O. The van der Waals surface area contributed by atoms with Crippen LogP contribution in [0, 0.1) is 5.41 Å². The molecule has 1 aromatic rings. The van der Waals surface area contributed by atoms with Crippen molar-refractivity contribution in [2.24, 2.45) is 5.41 Å². The quantitative estimate of drug-likeness (QED) is 0.629. The monoisotopic (exact) mass is 394 g/mol. The molecule has 2 aliphatic heterocycles. The molecule has 1 aromatic carbocycles. The number of nitrogens with zero attached hydrogens (tertiary/aromatic N) is 1. The summed E-state index contributed by atoms with van der Waals surface area (Å²) in [5.41, 5.74) is 0.0973. The molecule has 0 bridgehead atoms. The van der Waals surface area contributed by atoms with Crippen molar-refractivity contribution in [1.82, 2.24) is 10.2 Å². The number of rotatable bonds is 4. The topological polar surface area (TPSA) is 93.0 Å². The average molecular weight is 395 g/mol. The van der Waals surface area contributed by atoms with Crippen molar-refractivity contribution in [3.05, 3.63) is 27.7 Å². The van der Waals surface area contributed by atoms with Gasteiger partial charge in [0.2, 0.25) is 0 Å². The summed E-state index contributed by atoms with van der Waals surface area (Å²) in [7, 11) is -2.33. The van der Waals surface area contributed by atoms with Gasteiger partial charge in [0, 0.05) is 41.6 Å². The van der Waals surface area contributed by atoms with Gasteiger partial charge in [-0.05, 0) is 25.1 Å². The van der Waals surface area contributed by atoms with Crippen LogP contribution in [0.2, 0.25) is 10.0 Å². The van der Waals surface area contributed by atoms with E-state index in [-0.39, 0.29) is 26.8 Å². The first-order chi connectivity index (χ1) is 11.2. The number of carbonyl (C=O) groups excluding carboxylic acids is 1. The Kier molecular flexibility index (Phi) is 4.94. The molecule has 0 radical (unpaired) electrons. The predicted octanol–water partition coefficient (Wildman–Crippen LogP) is 2.89. The van der Waals surface area contributed by atoms with Gasteiger partial charge in [-0.2, -0.15) is 10.6 Å². The third-order valence-corrected chi connectivity index (χ3v) is 7.23. The minimum Gasteiger partial charge on any atom is -0.506 e. The molecule has 0 unspecified atom stereocenters. The number of halogens is 2. The summed E-state index contributed by atoms with van der Waals surface area (Å²) in [6.45, 7) is 2.81. The molecule has 0 saturated carbocycles. The largest absolute Gasteiger partial charge is 0.506 e. The summed E-state index contributed by atoms with van der Waals surface area (Å²) in [4.78, 5) is 14.4. The number of likely N-dealkylation sites (tertiary alicyclic amines) is 1. The van der Waals surface area contributed by atoms with Gasteiger partial charge in [-0.3, -0.25) is 13.9 Å². The van der Waals surface area contributed by atoms with Gasteiger partial charge >= 0.3 is 0 Å². The lowest BCUT2D eigenvalue weighted by Crippen LogP contribution is -2.47. The Morgan fingerprint density at radius 3 is 2.71 bits per heavy atom. The lowest BCUT2D eigenvalue weighted by molar-refractivity contribution is 0.0946. The summed E-state index contributed by atoms with van der Waals surface area (Å²) < 4.78 is 19.2. The summed E-state index contributed by atoms with van der Waals surface area (Å²) in [5, 5.41) is 12.9. The molecule has 24 heavy (non-hydrogen) atoms. The number of aromatic hydroxyl groups is 1. The summed E-state index contributed by atoms with van der Waals surface area (Å²) in [6.07, 6.45) is 0.960. The maximum Gasteiger partial charge on any atom is 0.255 e. The van der Waals surface area contributed by atoms with Crippen molar-refractivity contribution in [3.8, 4) is 5.75 Å². The third kappa shape index (κ3) is 3.76. The Morgan fingerprint density at radius 2 is 2.04 bits per heavy atom. The van der Waals surface area contributed by atoms with Crippen molar-refractivity contribution in [2.45, 2.75) is 6.42 Å². The predicted molar refractivity (Wildman–Crippen MR) is 96.5 cm³/mol. The van der Waals surface area contributed by atoms with Crippen molar-refractivity contribution < 1.29 is 19.0 Å². The van der Waals surface area contributed by atoms with Gasteiger partial charge in [0.05, 0.1) is 10.6 Å². The highest BCUT2D eigenvalue weighted by molar-refractivity contribution is 8.25. The smallest absolute Gasteiger partial charge is 0.255 e. The van der Waals surface area contributed by atoms with E-state index in [4.69, 9.17) is 23.2 Å². The minimum absolute atomic E-state index is 0.0399. The van der Waals surface area contributed by atoms with Gasteiger partial charge in [0.1, 0.15) is 5.75 Å². The first-order valence-corrected chi connectivity index (χ1v) is 10.3. The molecule has 9 heteroatoms. The van der Waals surface area contributed by atoms with E-state index >= 15 is 0 Å². The van der Waals surface area contributed by atoms with Crippen LogP contribution in [0.1, 0.15) is 16.8 Å². The number of amides is 1. The van der Waals surface area contributed by atoms with Gasteiger partial charge in [-0.15, -0.1) is 0 Å². The molecule has 2 aliphatic rings. The van der Waals surface area contributed by atoms with E-state index in [1.54, 1.807) is 0 Å². The highest BCUT2D eigenvalue weighted by atomic mass is 35.5. The van der Waals surface area contributed by atoms with Crippen LogP contribution >= 0.6 is 33.8 Å². The van der Waals surface area contributed by atoms with Crippen molar-refractivity contribution in [3.63, 3.8) is 0 Å². The first kappa shape index (κ1) is 18.1. The molecule has 2 heterocycles. The highest BCUT2D eigenvalue weighted by Crippen LogP contribution is 2.61. The first-order valence-electron chi connectivity index (χ1n) is 7.62. The van der Waals surface area contributed by atoms with Gasteiger partial charge in [-0.1, -0.05) is 23.2 Å². The van der Waals surface area contributed by atoms with E-state index < -0.39 is 16.5 Å². The fourth-order valence-corrected chi connectivity index (χ4v) is 6.40. The molecule has 4 N–H and O–H groups in total. The van der Waals surface area contributed by atoms with Crippen LogP contribution in [-0.4, -0.2) is 62.7 Å².